The van der Waals surface area contributed by atoms with Crippen molar-refractivity contribution >= 4 is 11.0 Å². The Bertz CT molecular complexity index is 1320. The molecule has 8 heteroatoms. The number of hydrogen-bond donors (Lipinski definition) is 1. The fourth-order valence-electron chi connectivity index (χ4n) is 5.09. The molecule has 0 amide bonds. The fourth-order valence-corrected chi connectivity index (χ4v) is 5.09. The Labute approximate surface area is 203 Å². The number of fused-ring (bicyclic) bond motifs is 2. The van der Waals surface area contributed by atoms with Crippen molar-refractivity contribution in [2.45, 2.75) is 45.0 Å². The summed E-state index contributed by atoms with van der Waals surface area (Å²) < 4.78 is 22.9. The summed E-state index contributed by atoms with van der Waals surface area (Å²) in [6.45, 7) is 5.96. The van der Waals surface area contributed by atoms with E-state index < -0.39 is 6.10 Å². The molecule has 0 aliphatic carbocycles. The topological polar surface area (TPSA) is 94.0 Å². The summed E-state index contributed by atoms with van der Waals surface area (Å²) in [6.07, 6.45) is 1.61. The summed E-state index contributed by atoms with van der Waals surface area (Å²) in [7, 11) is 0. The van der Waals surface area contributed by atoms with Gasteiger partial charge in [-0.1, -0.05) is 24.3 Å². The Morgan fingerprint density at radius 2 is 1.91 bits per heavy atom. The normalized spacial score (nSPS) is 17.7. The maximum Gasteiger partial charge on any atom is 0.283 e. The Hall–Kier alpha value is -3.20. The molecule has 2 aliphatic heterocycles. The average Bonchev–Trinajstić information content (AvgIpc) is 3.62. The number of ether oxygens (including phenoxy) is 2. The number of aliphatic hydroxyl groups is 1. The fraction of sp³-hybridized carbons (Fsp3) is 0.407. The highest BCUT2D eigenvalue weighted by molar-refractivity contribution is 5.87. The van der Waals surface area contributed by atoms with Crippen molar-refractivity contribution in [1.29, 1.82) is 0 Å². The number of aliphatic hydroxyl groups excluding tert-OH is 1. The molecule has 2 aromatic heterocycles. The number of β-amino-alcohol motifs (C(OH)–C–C–N with tert-alkyl or cyclic N) is 1. The molecule has 1 N–H and O–H groups in total. The minimum Gasteiger partial charge on any atom is -0.490 e. The number of piperidine rings is 1. The summed E-state index contributed by atoms with van der Waals surface area (Å²) in [4.78, 5) is 2.33. The molecular weight excluding hydrogens is 446 g/mol. The summed E-state index contributed by atoms with van der Waals surface area (Å²) in [5, 5.41) is 19.4. The number of hydrogen-bond acceptors (Lipinski definition) is 8. The molecule has 4 heterocycles. The van der Waals surface area contributed by atoms with Gasteiger partial charge in [0.25, 0.3) is 5.89 Å². The first-order chi connectivity index (χ1) is 17.1. The van der Waals surface area contributed by atoms with Crippen molar-refractivity contribution in [3.05, 3.63) is 65.0 Å². The maximum atomic E-state index is 10.7. The molecular formula is C27H29N3O5. The van der Waals surface area contributed by atoms with Crippen LogP contribution in [0.1, 0.15) is 41.3 Å². The van der Waals surface area contributed by atoms with E-state index in [9.17, 15) is 5.11 Å². The van der Waals surface area contributed by atoms with Crippen LogP contribution in [0, 0.1) is 6.92 Å². The minimum atomic E-state index is -0.580. The monoisotopic (exact) mass is 475 g/mol. The van der Waals surface area contributed by atoms with E-state index in [1.807, 2.05) is 24.3 Å². The first kappa shape index (κ1) is 22.3. The lowest BCUT2D eigenvalue weighted by atomic mass is 9.88. The van der Waals surface area contributed by atoms with Gasteiger partial charge in [-0.2, -0.15) is 0 Å². The van der Waals surface area contributed by atoms with Gasteiger partial charge in [-0.25, -0.2) is 0 Å². The van der Waals surface area contributed by atoms with Gasteiger partial charge in [-0.3, -0.25) is 0 Å². The first-order valence-corrected chi connectivity index (χ1v) is 12.2. The molecule has 0 spiro atoms. The zero-order valence-electron chi connectivity index (χ0n) is 19.8. The maximum absolute atomic E-state index is 10.7. The lowest BCUT2D eigenvalue weighted by Gasteiger charge is -2.33. The van der Waals surface area contributed by atoms with Gasteiger partial charge in [-0.15, -0.1) is 10.2 Å². The molecule has 0 bridgehead atoms. The molecule has 35 heavy (non-hydrogen) atoms. The van der Waals surface area contributed by atoms with Gasteiger partial charge < -0.3 is 28.3 Å². The highest BCUT2D eigenvalue weighted by Gasteiger charge is 2.24. The molecule has 2 aromatic carbocycles. The molecule has 4 aromatic rings. The van der Waals surface area contributed by atoms with Crippen molar-refractivity contribution in [3.63, 3.8) is 0 Å². The third-order valence-corrected chi connectivity index (χ3v) is 6.96. The van der Waals surface area contributed by atoms with E-state index in [4.69, 9.17) is 18.3 Å². The summed E-state index contributed by atoms with van der Waals surface area (Å²) in [6, 6.07) is 14.2. The third-order valence-electron chi connectivity index (χ3n) is 6.96. The summed E-state index contributed by atoms with van der Waals surface area (Å²) >= 11 is 0. The molecule has 0 saturated carbocycles. The van der Waals surface area contributed by atoms with Gasteiger partial charge in [0.15, 0.2) is 5.76 Å². The molecule has 1 atom stereocenters. The molecule has 1 fully saturated rings. The number of likely N-dealkylation sites (tertiary alicyclic amines) is 1. The zero-order valence-corrected chi connectivity index (χ0v) is 19.8. The van der Waals surface area contributed by atoms with E-state index in [0.29, 0.717) is 41.3 Å². The third kappa shape index (κ3) is 4.69. The first-order valence-electron chi connectivity index (χ1n) is 12.2. The van der Waals surface area contributed by atoms with Crippen LogP contribution in [-0.2, 0) is 18.0 Å². The van der Waals surface area contributed by atoms with Crippen LogP contribution in [0.3, 0.4) is 0 Å². The zero-order chi connectivity index (χ0) is 23.8. The van der Waals surface area contributed by atoms with E-state index in [-0.39, 0.29) is 6.61 Å². The Morgan fingerprint density at radius 1 is 1.06 bits per heavy atom. The second-order valence-electron chi connectivity index (χ2n) is 9.47. The number of rotatable bonds is 7. The Balaban J connectivity index is 1.03. The second kappa shape index (κ2) is 9.45. The van der Waals surface area contributed by atoms with Gasteiger partial charge in [0.05, 0.1) is 18.6 Å². The van der Waals surface area contributed by atoms with E-state index in [1.54, 1.807) is 6.92 Å². The molecule has 1 unspecified atom stereocenters. The van der Waals surface area contributed by atoms with Gasteiger partial charge in [0.2, 0.25) is 5.89 Å². The Morgan fingerprint density at radius 3 is 2.74 bits per heavy atom. The molecule has 2 aliphatic rings. The van der Waals surface area contributed by atoms with Gasteiger partial charge in [-0.05, 0) is 60.7 Å². The van der Waals surface area contributed by atoms with Crippen molar-refractivity contribution < 1.29 is 23.4 Å². The minimum absolute atomic E-state index is 0.212. The molecule has 8 nitrogen and oxygen atoms in total. The second-order valence-corrected chi connectivity index (χ2v) is 9.47. The largest absolute Gasteiger partial charge is 0.490 e. The summed E-state index contributed by atoms with van der Waals surface area (Å²) in [5.74, 6) is 2.54. The number of nitrogens with zero attached hydrogens (tertiary/aromatic N) is 3. The SMILES string of the molecule is Cc1nnc(-c2cc3c(OCC(O)CN4CCC(c5ccc6c(c5)COC6)CC4)cccc3o2)o1. The molecule has 1 saturated heterocycles. The molecule has 182 valence electrons. The smallest absolute Gasteiger partial charge is 0.283 e. The van der Waals surface area contributed by atoms with Crippen LogP contribution < -0.4 is 4.74 Å². The van der Waals surface area contributed by atoms with E-state index in [1.165, 1.54) is 16.7 Å². The van der Waals surface area contributed by atoms with Crippen LogP contribution in [0.4, 0.5) is 0 Å². The predicted octanol–water partition coefficient (Wildman–Crippen LogP) is 4.44. The number of benzene rings is 2. The van der Waals surface area contributed by atoms with Gasteiger partial charge in [0.1, 0.15) is 24.0 Å². The van der Waals surface area contributed by atoms with E-state index in [0.717, 1.165) is 44.5 Å². The van der Waals surface area contributed by atoms with Crippen LogP contribution in [-0.4, -0.2) is 52.5 Å². The number of aromatic nitrogens is 2. The van der Waals surface area contributed by atoms with Crippen molar-refractivity contribution in [2.75, 3.05) is 26.2 Å². The summed E-state index contributed by atoms with van der Waals surface area (Å²) in [5.41, 5.74) is 4.75. The lowest BCUT2D eigenvalue weighted by molar-refractivity contribution is 0.0599. The standard InChI is InChI=1S/C27H29N3O5/c1-17-28-29-27(34-17)26-12-23-24(3-2-4-25(23)35-26)33-16-22(31)13-30-9-7-18(8-10-30)19-5-6-20-14-32-15-21(20)11-19/h2-6,11-12,18,22,31H,7-10,13-16H2,1H3. The number of aryl methyl sites for hydroxylation is 1. The van der Waals surface area contributed by atoms with Crippen LogP contribution in [0.25, 0.3) is 22.6 Å². The van der Waals surface area contributed by atoms with Gasteiger partial charge >= 0.3 is 0 Å². The average molecular weight is 476 g/mol. The number of furan rings is 1. The van der Waals surface area contributed by atoms with Crippen LogP contribution in [0.5, 0.6) is 5.75 Å². The van der Waals surface area contributed by atoms with E-state index >= 15 is 0 Å². The van der Waals surface area contributed by atoms with Crippen molar-refractivity contribution in [1.82, 2.24) is 15.1 Å². The highest BCUT2D eigenvalue weighted by Crippen LogP contribution is 2.34. The quantitative estimate of drug-likeness (QED) is 0.419. The predicted molar refractivity (Wildman–Crippen MR) is 129 cm³/mol. The van der Waals surface area contributed by atoms with Gasteiger partial charge in [0, 0.05) is 19.5 Å². The van der Waals surface area contributed by atoms with Crippen LogP contribution in [0.15, 0.2) is 51.3 Å². The Kier molecular flexibility index (Phi) is 6.01. The van der Waals surface area contributed by atoms with Crippen LogP contribution in [0.2, 0.25) is 0 Å². The molecule has 6 rings (SSSR count). The van der Waals surface area contributed by atoms with E-state index in [2.05, 4.69) is 33.3 Å². The van der Waals surface area contributed by atoms with Crippen LogP contribution >= 0.6 is 0 Å². The van der Waals surface area contributed by atoms with Crippen molar-refractivity contribution in [2.24, 2.45) is 0 Å². The van der Waals surface area contributed by atoms with Crippen molar-refractivity contribution in [3.8, 4) is 17.4 Å². The lowest BCUT2D eigenvalue weighted by Crippen LogP contribution is -2.40. The highest BCUT2D eigenvalue weighted by atomic mass is 16.5. The molecule has 0 radical (unpaired) electrons.